The van der Waals surface area contributed by atoms with E-state index in [0.29, 0.717) is 33.7 Å². The molecule has 1 aromatic heterocycles. The first-order valence-corrected chi connectivity index (χ1v) is 9.25. The number of rotatable bonds is 5. The van der Waals surface area contributed by atoms with Crippen LogP contribution >= 0.6 is 11.6 Å². The van der Waals surface area contributed by atoms with Crippen molar-refractivity contribution in [3.05, 3.63) is 59.1 Å². The lowest BCUT2D eigenvalue weighted by atomic mass is 9.85. The van der Waals surface area contributed by atoms with Crippen LogP contribution in [0.15, 0.2) is 43.0 Å². The molecule has 0 saturated carbocycles. The largest absolute Gasteiger partial charge is 0.505 e. The van der Waals surface area contributed by atoms with Crippen LogP contribution in [0.3, 0.4) is 0 Å². The molecule has 0 bridgehead atoms. The van der Waals surface area contributed by atoms with E-state index in [1.165, 1.54) is 4.80 Å². The maximum atomic E-state index is 11.3. The number of carbonyl (C=O) groups is 1. The van der Waals surface area contributed by atoms with Crippen LogP contribution in [0, 0.1) is 0 Å². The summed E-state index contributed by atoms with van der Waals surface area (Å²) in [7, 11) is 0. The average molecular weight is 400 g/mol. The van der Waals surface area contributed by atoms with E-state index in [1.54, 1.807) is 18.2 Å². The van der Waals surface area contributed by atoms with Crippen LogP contribution in [-0.2, 0) is 21.4 Å². The number of aromatic nitrogens is 3. The minimum absolute atomic E-state index is 0.0501. The lowest BCUT2D eigenvalue weighted by Gasteiger charge is -2.22. The van der Waals surface area contributed by atoms with Crippen molar-refractivity contribution < 1.29 is 14.6 Å². The van der Waals surface area contributed by atoms with E-state index < -0.39 is 5.97 Å². The SMILES string of the molecule is C=CC(=O)OCCc1cc(C(C)(C)C)cc(-n2nc3ccc(Cl)cc3n2)c1O. The third-order valence-corrected chi connectivity index (χ3v) is 4.61. The molecule has 0 aliphatic heterocycles. The third-order valence-electron chi connectivity index (χ3n) is 4.37. The molecule has 6 nitrogen and oxygen atoms in total. The van der Waals surface area contributed by atoms with Crippen LogP contribution < -0.4 is 0 Å². The van der Waals surface area contributed by atoms with Gasteiger partial charge in [-0.25, -0.2) is 4.79 Å². The summed E-state index contributed by atoms with van der Waals surface area (Å²) in [6.45, 7) is 9.75. The molecule has 3 rings (SSSR count). The van der Waals surface area contributed by atoms with Crippen molar-refractivity contribution in [3.8, 4) is 11.4 Å². The average Bonchev–Trinajstić information content (AvgIpc) is 3.04. The Labute approximate surface area is 168 Å². The fourth-order valence-electron chi connectivity index (χ4n) is 2.77. The normalized spacial score (nSPS) is 11.6. The number of nitrogens with zero attached hydrogens (tertiary/aromatic N) is 3. The van der Waals surface area contributed by atoms with Gasteiger partial charge >= 0.3 is 5.97 Å². The highest BCUT2D eigenvalue weighted by molar-refractivity contribution is 6.31. The lowest BCUT2D eigenvalue weighted by molar-refractivity contribution is -0.137. The lowest BCUT2D eigenvalue weighted by Crippen LogP contribution is -2.14. The van der Waals surface area contributed by atoms with Gasteiger partial charge in [-0.3, -0.25) is 0 Å². The molecule has 3 aromatic rings. The second-order valence-electron chi connectivity index (χ2n) is 7.50. The number of halogens is 1. The van der Waals surface area contributed by atoms with Gasteiger partial charge < -0.3 is 9.84 Å². The number of ether oxygens (including phenoxy) is 1. The molecule has 7 heteroatoms. The molecule has 0 fully saturated rings. The second-order valence-corrected chi connectivity index (χ2v) is 7.93. The summed E-state index contributed by atoms with van der Waals surface area (Å²) in [4.78, 5) is 12.7. The summed E-state index contributed by atoms with van der Waals surface area (Å²) in [6.07, 6.45) is 1.47. The fraction of sp³-hybridized carbons (Fsp3) is 0.286. The summed E-state index contributed by atoms with van der Waals surface area (Å²) in [5, 5.41) is 20.3. The second kappa shape index (κ2) is 7.64. The van der Waals surface area contributed by atoms with E-state index in [9.17, 15) is 9.90 Å². The molecule has 2 aromatic carbocycles. The molecule has 0 aliphatic carbocycles. The van der Waals surface area contributed by atoms with E-state index >= 15 is 0 Å². The number of esters is 1. The molecule has 0 unspecified atom stereocenters. The summed E-state index contributed by atoms with van der Waals surface area (Å²) in [5.41, 5.74) is 3.26. The van der Waals surface area contributed by atoms with Crippen molar-refractivity contribution in [1.29, 1.82) is 0 Å². The van der Waals surface area contributed by atoms with Gasteiger partial charge in [0, 0.05) is 17.5 Å². The van der Waals surface area contributed by atoms with Gasteiger partial charge in [-0.2, -0.15) is 0 Å². The maximum absolute atomic E-state index is 11.3. The highest BCUT2D eigenvalue weighted by Gasteiger charge is 2.21. The highest BCUT2D eigenvalue weighted by atomic mass is 35.5. The monoisotopic (exact) mass is 399 g/mol. The zero-order valence-electron chi connectivity index (χ0n) is 16.1. The van der Waals surface area contributed by atoms with E-state index in [2.05, 4.69) is 37.5 Å². The summed E-state index contributed by atoms with van der Waals surface area (Å²) in [5.74, 6) is -0.447. The Morgan fingerprint density at radius 1 is 1.25 bits per heavy atom. The molecular weight excluding hydrogens is 378 g/mol. The quantitative estimate of drug-likeness (QED) is 0.509. The molecule has 0 aliphatic rings. The van der Waals surface area contributed by atoms with Crippen molar-refractivity contribution in [2.75, 3.05) is 6.61 Å². The number of aromatic hydroxyl groups is 1. The summed E-state index contributed by atoms with van der Waals surface area (Å²) < 4.78 is 5.06. The van der Waals surface area contributed by atoms with Crippen LogP contribution in [0.25, 0.3) is 16.7 Å². The predicted octanol–water partition coefficient (Wildman–Crippen LogP) is 4.35. The van der Waals surface area contributed by atoms with E-state index in [1.807, 2.05) is 12.1 Å². The highest BCUT2D eigenvalue weighted by Crippen LogP contribution is 2.33. The zero-order chi connectivity index (χ0) is 20.5. The van der Waals surface area contributed by atoms with Gasteiger partial charge in [-0.15, -0.1) is 15.0 Å². The van der Waals surface area contributed by atoms with E-state index in [0.717, 1.165) is 11.6 Å². The summed E-state index contributed by atoms with van der Waals surface area (Å²) in [6, 6.07) is 9.03. The number of hydrogen-bond donors (Lipinski definition) is 1. The molecule has 0 saturated heterocycles. The van der Waals surface area contributed by atoms with Gasteiger partial charge in [0.25, 0.3) is 0 Å². The fourth-order valence-corrected chi connectivity index (χ4v) is 2.94. The minimum Gasteiger partial charge on any atom is -0.505 e. The Hall–Kier alpha value is -2.86. The van der Waals surface area contributed by atoms with Crippen LogP contribution in [0.2, 0.25) is 5.02 Å². The van der Waals surface area contributed by atoms with Crippen LogP contribution in [0.1, 0.15) is 31.9 Å². The molecule has 1 N–H and O–H groups in total. The number of fused-ring (bicyclic) bond motifs is 1. The van der Waals surface area contributed by atoms with Gasteiger partial charge in [0.15, 0.2) is 0 Å². The molecule has 0 amide bonds. The molecular formula is C21H22ClN3O3. The maximum Gasteiger partial charge on any atom is 0.330 e. The van der Waals surface area contributed by atoms with Gasteiger partial charge in [0.2, 0.25) is 0 Å². The Balaban J connectivity index is 2.06. The molecule has 1 heterocycles. The predicted molar refractivity (Wildman–Crippen MR) is 109 cm³/mol. The Bertz CT molecular complexity index is 1050. The first-order valence-electron chi connectivity index (χ1n) is 8.87. The van der Waals surface area contributed by atoms with Crippen LogP contribution in [0.4, 0.5) is 0 Å². The molecule has 0 radical (unpaired) electrons. The first kappa shape index (κ1) is 19.9. The molecule has 146 valence electrons. The number of benzene rings is 2. The number of phenolic OH excluding ortho intramolecular Hbond substituents is 1. The van der Waals surface area contributed by atoms with Gasteiger partial charge in [-0.1, -0.05) is 45.0 Å². The van der Waals surface area contributed by atoms with Crippen molar-refractivity contribution in [1.82, 2.24) is 15.0 Å². The van der Waals surface area contributed by atoms with Gasteiger partial charge in [0.05, 0.1) is 6.61 Å². The summed E-state index contributed by atoms with van der Waals surface area (Å²) >= 11 is 6.04. The first-order chi connectivity index (χ1) is 13.2. The minimum atomic E-state index is -0.497. The molecule has 0 atom stereocenters. The van der Waals surface area contributed by atoms with Gasteiger partial charge in [0.1, 0.15) is 22.5 Å². The van der Waals surface area contributed by atoms with Gasteiger partial charge in [-0.05, 0) is 40.8 Å². The Morgan fingerprint density at radius 2 is 1.96 bits per heavy atom. The van der Waals surface area contributed by atoms with Crippen LogP contribution in [-0.4, -0.2) is 32.7 Å². The number of phenols is 1. The molecule has 28 heavy (non-hydrogen) atoms. The van der Waals surface area contributed by atoms with E-state index in [-0.39, 0.29) is 17.8 Å². The number of carbonyl (C=O) groups excluding carboxylic acids is 1. The smallest absolute Gasteiger partial charge is 0.330 e. The van der Waals surface area contributed by atoms with Crippen molar-refractivity contribution in [2.24, 2.45) is 0 Å². The Morgan fingerprint density at radius 3 is 2.64 bits per heavy atom. The Kier molecular flexibility index (Phi) is 5.42. The van der Waals surface area contributed by atoms with Crippen molar-refractivity contribution in [3.63, 3.8) is 0 Å². The van der Waals surface area contributed by atoms with Crippen molar-refractivity contribution >= 4 is 28.6 Å². The molecule has 0 spiro atoms. The number of hydrogen-bond acceptors (Lipinski definition) is 5. The third kappa shape index (κ3) is 4.17. The van der Waals surface area contributed by atoms with Crippen LogP contribution in [0.5, 0.6) is 5.75 Å². The van der Waals surface area contributed by atoms with E-state index in [4.69, 9.17) is 16.3 Å². The standard InChI is InChI=1S/C21H22ClN3O3/c1-5-19(26)28-9-8-13-10-14(21(2,3)4)11-18(20(13)27)25-23-16-7-6-15(22)12-17(16)24-25/h5-7,10-12,27H,1,8-9H2,2-4H3. The zero-order valence-corrected chi connectivity index (χ0v) is 16.8. The topological polar surface area (TPSA) is 77.2 Å². The van der Waals surface area contributed by atoms with Crippen molar-refractivity contribution in [2.45, 2.75) is 32.6 Å².